The van der Waals surface area contributed by atoms with Crippen LogP contribution >= 0.6 is 0 Å². The molecule has 216 valence electrons. The van der Waals surface area contributed by atoms with Gasteiger partial charge in [0.25, 0.3) is 0 Å². The van der Waals surface area contributed by atoms with E-state index in [0.717, 1.165) is 22.7 Å². The number of aromatic nitrogens is 1. The molecule has 2 heteroatoms. The van der Waals surface area contributed by atoms with Crippen LogP contribution in [0, 0.1) is 0 Å². The Hall–Kier alpha value is -6.12. The molecule has 0 aliphatic rings. The minimum Gasteiger partial charge on any atom is -0.310 e. The molecule has 1 heterocycles. The lowest BCUT2D eigenvalue weighted by Crippen LogP contribution is -2.11. The highest BCUT2D eigenvalue weighted by atomic mass is 15.1. The van der Waals surface area contributed by atoms with E-state index in [1.807, 2.05) is 0 Å². The molecule has 0 bridgehead atoms. The van der Waals surface area contributed by atoms with Crippen molar-refractivity contribution >= 4 is 60.4 Å². The first-order valence-corrected chi connectivity index (χ1v) is 15.8. The van der Waals surface area contributed by atoms with Crippen LogP contribution in [0.2, 0.25) is 0 Å². The maximum absolute atomic E-state index is 2.40. The number of hydrogen-bond donors (Lipinski definition) is 0. The molecular weight excluding hydrogens is 556 g/mol. The number of nitrogens with zero attached hydrogens (tertiary/aromatic N) is 2. The standard InChI is InChI=1S/C44H30N2/c1-2-13-32(14-3-1)38-17-8-10-20-41(38)45(37-24-22-31-12-4-5-16-34(31)30-37)35-25-27-36(28-26-35)46-42-21-11-9-19-40(42)44-39-18-7-6-15-33(39)23-29-43(44)46/h1-30H. The van der Waals surface area contributed by atoms with Crippen LogP contribution in [0.5, 0.6) is 0 Å². The molecule has 0 radical (unpaired) electrons. The SMILES string of the molecule is c1ccc(-c2ccccc2N(c2ccc(-n3c4ccccc4c4c5ccccc5ccc43)cc2)c2ccc3ccccc3c2)cc1. The lowest BCUT2D eigenvalue weighted by molar-refractivity contribution is 1.17. The van der Waals surface area contributed by atoms with E-state index in [0.29, 0.717) is 0 Å². The van der Waals surface area contributed by atoms with Crippen LogP contribution in [0.1, 0.15) is 0 Å². The minimum atomic E-state index is 1.11. The molecule has 9 rings (SSSR count). The summed E-state index contributed by atoms with van der Waals surface area (Å²) < 4.78 is 2.40. The summed E-state index contributed by atoms with van der Waals surface area (Å²) in [6.07, 6.45) is 0. The van der Waals surface area contributed by atoms with Gasteiger partial charge in [0.1, 0.15) is 0 Å². The first-order valence-electron chi connectivity index (χ1n) is 15.8. The number of hydrogen-bond acceptors (Lipinski definition) is 1. The van der Waals surface area contributed by atoms with Gasteiger partial charge in [0, 0.05) is 33.4 Å². The second kappa shape index (κ2) is 10.8. The molecule has 0 spiro atoms. The van der Waals surface area contributed by atoms with Crippen LogP contribution in [0.3, 0.4) is 0 Å². The topological polar surface area (TPSA) is 8.17 Å². The molecule has 9 aromatic rings. The second-order valence-corrected chi connectivity index (χ2v) is 11.8. The molecule has 0 aliphatic heterocycles. The molecule has 1 aromatic heterocycles. The molecule has 0 saturated carbocycles. The van der Waals surface area contributed by atoms with Crippen LogP contribution < -0.4 is 4.90 Å². The van der Waals surface area contributed by atoms with Gasteiger partial charge >= 0.3 is 0 Å². The Morgan fingerprint density at radius 3 is 1.87 bits per heavy atom. The Balaban J connectivity index is 1.24. The van der Waals surface area contributed by atoms with E-state index in [4.69, 9.17) is 0 Å². The Kier molecular flexibility index (Phi) is 6.17. The van der Waals surface area contributed by atoms with Crippen molar-refractivity contribution in [3.8, 4) is 16.8 Å². The van der Waals surface area contributed by atoms with E-state index in [2.05, 4.69) is 191 Å². The zero-order valence-electron chi connectivity index (χ0n) is 25.2. The summed E-state index contributed by atoms with van der Waals surface area (Å²) >= 11 is 0. The fourth-order valence-corrected chi connectivity index (χ4v) is 7.04. The number of rotatable bonds is 5. The predicted molar refractivity (Wildman–Crippen MR) is 196 cm³/mol. The molecule has 0 fully saturated rings. The molecule has 0 amide bonds. The van der Waals surface area contributed by atoms with E-state index in [-0.39, 0.29) is 0 Å². The Labute approximate surface area is 268 Å². The summed E-state index contributed by atoms with van der Waals surface area (Å²) in [4.78, 5) is 2.39. The smallest absolute Gasteiger partial charge is 0.0547 e. The van der Waals surface area contributed by atoms with Gasteiger partial charge in [-0.3, -0.25) is 0 Å². The van der Waals surface area contributed by atoms with Crippen molar-refractivity contribution in [3.05, 3.63) is 182 Å². The average molecular weight is 587 g/mol. The molecule has 0 atom stereocenters. The maximum Gasteiger partial charge on any atom is 0.0547 e. The number of benzene rings is 8. The van der Waals surface area contributed by atoms with Crippen molar-refractivity contribution in [2.45, 2.75) is 0 Å². The van der Waals surface area contributed by atoms with E-state index in [1.165, 1.54) is 54.5 Å². The van der Waals surface area contributed by atoms with Crippen molar-refractivity contribution in [1.29, 1.82) is 0 Å². The molecule has 0 N–H and O–H groups in total. The van der Waals surface area contributed by atoms with Crippen molar-refractivity contribution in [2.24, 2.45) is 0 Å². The van der Waals surface area contributed by atoms with Crippen LogP contribution in [0.25, 0.3) is 60.2 Å². The normalized spacial score (nSPS) is 11.5. The monoisotopic (exact) mass is 586 g/mol. The lowest BCUT2D eigenvalue weighted by Gasteiger charge is -2.28. The van der Waals surface area contributed by atoms with Gasteiger partial charge in [-0.1, -0.05) is 127 Å². The summed E-state index contributed by atoms with van der Waals surface area (Å²) in [6.45, 7) is 0. The summed E-state index contributed by atoms with van der Waals surface area (Å²) in [6, 6.07) is 65.7. The molecular formula is C44H30N2. The highest BCUT2D eigenvalue weighted by molar-refractivity contribution is 6.21. The van der Waals surface area contributed by atoms with Gasteiger partial charge in [-0.25, -0.2) is 0 Å². The van der Waals surface area contributed by atoms with Crippen molar-refractivity contribution in [3.63, 3.8) is 0 Å². The van der Waals surface area contributed by atoms with Gasteiger partial charge in [-0.2, -0.15) is 0 Å². The highest BCUT2D eigenvalue weighted by Gasteiger charge is 2.19. The first-order chi connectivity index (χ1) is 22.8. The third-order valence-electron chi connectivity index (χ3n) is 9.15. The van der Waals surface area contributed by atoms with Gasteiger partial charge < -0.3 is 9.47 Å². The largest absolute Gasteiger partial charge is 0.310 e. The van der Waals surface area contributed by atoms with Gasteiger partial charge in [0.2, 0.25) is 0 Å². The van der Waals surface area contributed by atoms with Gasteiger partial charge in [0.05, 0.1) is 16.7 Å². The highest BCUT2D eigenvalue weighted by Crippen LogP contribution is 2.42. The van der Waals surface area contributed by atoms with Crippen LogP contribution in [-0.4, -0.2) is 4.57 Å². The summed E-state index contributed by atoms with van der Waals surface area (Å²) in [5.74, 6) is 0. The van der Waals surface area contributed by atoms with Gasteiger partial charge in [-0.15, -0.1) is 0 Å². The Bertz CT molecular complexity index is 2520. The molecule has 0 unspecified atom stereocenters. The quantitative estimate of drug-likeness (QED) is 0.195. The van der Waals surface area contributed by atoms with Crippen molar-refractivity contribution in [2.75, 3.05) is 4.90 Å². The zero-order valence-corrected chi connectivity index (χ0v) is 25.2. The lowest BCUT2D eigenvalue weighted by atomic mass is 10.0. The predicted octanol–water partition coefficient (Wildman–Crippen LogP) is 12.2. The third kappa shape index (κ3) is 4.27. The van der Waals surface area contributed by atoms with E-state index >= 15 is 0 Å². The Morgan fingerprint density at radius 1 is 0.391 bits per heavy atom. The van der Waals surface area contributed by atoms with E-state index < -0.39 is 0 Å². The fraction of sp³-hybridized carbons (Fsp3) is 0. The molecule has 0 aliphatic carbocycles. The summed E-state index contributed by atoms with van der Waals surface area (Å²) in [5.41, 5.74) is 9.32. The molecule has 46 heavy (non-hydrogen) atoms. The molecule has 8 aromatic carbocycles. The molecule has 0 saturated heterocycles. The van der Waals surface area contributed by atoms with Crippen LogP contribution in [0.15, 0.2) is 182 Å². The van der Waals surface area contributed by atoms with Gasteiger partial charge in [-0.05, 0) is 81.7 Å². The number of fused-ring (bicyclic) bond motifs is 6. The maximum atomic E-state index is 2.40. The van der Waals surface area contributed by atoms with Crippen molar-refractivity contribution < 1.29 is 0 Å². The Morgan fingerprint density at radius 2 is 1.02 bits per heavy atom. The number of para-hydroxylation sites is 2. The first kappa shape index (κ1) is 26.3. The zero-order chi connectivity index (χ0) is 30.5. The second-order valence-electron chi connectivity index (χ2n) is 11.8. The number of anilines is 3. The average Bonchev–Trinajstić information content (AvgIpc) is 3.47. The summed E-state index contributed by atoms with van der Waals surface area (Å²) in [5, 5.41) is 7.57. The summed E-state index contributed by atoms with van der Waals surface area (Å²) in [7, 11) is 0. The van der Waals surface area contributed by atoms with E-state index in [9.17, 15) is 0 Å². The van der Waals surface area contributed by atoms with Gasteiger partial charge in [0.15, 0.2) is 0 Å². The third-order valence-corrected chi connectivity index (χ3v) is 9.15. The van der Waals surface area contributed by atoms with Crippen LogP contribution in [0.4, 0.5) is 17.1 Å². The minimum absolute atomic E-state index is 1.11. The van der Waals surface area contributed by atoms with Crippen molar-refractivity contribution in [1.82, 2.24) is 4.57 Å². The molecule has 2 nitrogen and oxygen atoms in total. The van der Waals surface area contributed by atoms with Crippen LogP contribution in [-0.2, 0) is 0 Å². The fourth-order valence-electron chi connectivity index (χ4n) is 7.04. The van der Waals surface area contributed by atoms with E-state index in [1.54, 1.807) is 0 Å².